The molecule has 0 aliphatic carbocycles. The molecule has 4 nitrogen and oxygen atoms in total. The Morgan fingerprint density at radius 1 is 1.50 bits per heavy atom. The molecule has 1 aliphatic heterocycles. The van der Waals surface area contributed by atoms with Crippen molar-refractivity contribution in [3.05, 3.63) is 33.6 Å². The number of fused-ring (bicyclic) bond motifs is 1. The van der Waals surface area contributed by atoms with Crippen LogP contribution in [0.25, 0.3) is 10.9 Å². The second-order valence-corrected chi connectivity index (χ2v) is 7.19. The van der Waals surface area contributed by atoms with Crippen LogP contribution in [0.3, 0.4) is 0 Å². The van der Waals surface area contributed by atoms with Gasteiger partial charge in [0, 0.05) is 23.4 Å². The number of hydrogen-bond acceptors (Lipinski definition) is 4. The second-order valence-electron chi connectivity index (χ2n) is 5.77. The number of nitrogens with zero attached hydrogens (tertiary/aromatic N) is 2. The minimum atomic E-state index is -0.00786. The van der Waals surface area contributed by atoms with Crippen molar-refractivity contribution in [3.63, 3.8) is 0 Å². The average Bonchev–Trinajstić information content (AvgIpc) is 2.97. The molecule has 22 heavy (non-hydrogen) atoms. The summed E-state index contributed by atoms with van der Waals surface area (Å²) in [5, 5.41) is 1.95. The molecule has 2 heterocycles. The fraction of sp³-hybridized carbons (Fsp3) is 0.500. The van der Waals surface area contributed by atoms with Crippen LogP contribution in [0.2, 0.25) is 5.02 Å². The zero-order chi connectivity index (χ0) is 15.7. The molecule has 2 aromatic rings. The lowest BCUT2D eigenvalue weighted by Gasteiger charge is -2.17. The molecule has 1 aliphatic rings. The Labute approximate surface area is 138 Å². The number of aromatic nitrogens is 2. The average molecular weight is 339 g/mol. The summed E-state index contributed by atoms with van der Waals surface area (Å²) in [6, 6.07) is 5.29. The maximum atomic E-state index is 12.7. The summed E-state index contributed by atoms with van der Waals surface area (Å²) in [5.41, 5.74) is 0.649. The molecule has 1 fully saturated rings. The normalized spacial score (nSPS) is 18.5. The van der Waals surface area contributed by atoms with E-state index in [0.29, 0.717) is 15.9 Å². The highest BCUT2D eigenvalue weighted by molar-refractivity contribution is 7.99. The summed E-state index contributed by atoms with van der Waals surface area (Å²) < 4.78 is 7.41. The van der Waals surface area contributed by atoms with Crippen molar-refractivity contribution >= 4 is 34.3 Å². The number of rotatable bonds is 4. The highest BCUT2D eigenvalue weighted by Crippen LogP contribution is 2.25. The van der Waals surface area contributed by atoms with Gasteiger partial charge in [-0.15, -0.1) is 0 Å². The van der Waals surface area contributed by atoms with Crippen LogP contribution in [0, 0.1) is 0 Å². The Kier molecular flexibility index (Phi) is 4.76. The van der Waals surface area contributed by atoms with Crippen LogP contribution in [0.1, 0.15) is 32.7 Å². The lowest BCUT2D eigenvalue weighted by atomic mass is 10.2. The van der Waals surface area contributed by atoms with Gasteiger partial charge in [-0.2, -0.15) is 0 Å². The van der Waals surface area contributed by atoms with Crippen LogP contribution in [0.4, 0.5) is 0 Å². The predicted octanol–water partition coefficient (Wildman–Crippen LogP) is 3.90. The molecule has 0 radical (unpaired) electrons. The Hall–Kier alpha value is -1.04. The number of halogens is 1. The van der Waals surface area contributed by atoms with E-state index in [4.69, 9.17) is 16.3 Å². The summed E-state index contributed by atoms with van der Waals surface area (Å²) in [4.78, 5) is 17.4. The summed E-state index contributed by atoms with van der Waals surface area (Å²) in [7, 11) is 0. The van der Waals surface area contributed by atoms with E-state index in [-0.39, 0.29) is 17.7 Å². The van der Waals surface area contributed by atoms with Crippen LogP contribution in [-0.4, -0.2) is 28.0 Å². The topological polar surface area (TPSA) is 44.1 Å². The predicted molar refractivity (Wildman–Crippen MR) is 91.1 cm³/mol. The van der Waals surface area contributed by atoms with Gasteiger partial charge in [-0.25, -0.2) is 4.98 Å². The third-order valence-electron chi connectivity index (χ3n) is 3.77. The van der Waals surface area contributed by atoms with Gasteiger partial charge in [-0.05, 0) is 44.9 Å². The third-order valence-corrected chi connectivity index (χ3v) is 5.09. The van der Waals surface area contributed by atoms with Crippen molar-refractivity contribution in [2.24, 2.45) is 0 Å². The van der Waals surface area contributed by atoms with E-state index in [9.17, 15) is 4.79 Å². The quantitative estimate of drug-likeness (QED) is 0.626. The van der Waals surface area contributed by atoms with Crippen LogP contribution in [0.15, 0.2) is 28.2 Å². The van der Waals surface area contributed by atoms with E-state index < -0.39 is 0 Å². The minimum Gasteiger partial charge on any atom is -0.377 e. The van der Waals surface area contributed by atoms with Gasteiger partial charge in [0.1, 0.15) is 0 Å². The van der Waals surface area contributed by atoms with E-state index in [1.54, 1.807) is 34.5 Å². The van der Waals surface area contributed by atoms with Gasteiger partial charge in [0.2, 0.25) is 0 Å². The standard InChI is InChI=1S/C16H19ClN2O2S/c1-10(2)19-15(20)13-6-5-11(17)8-14(13)18-16(19)22-9-12-4-3-7-21-12/h5-6,8,10,12H,3-4,7,9H2,1-2H3/t12-/m0/s1. The molecule has 0 N–H and O–H groups in total. The SMILES string of the molecule is CC(C)n1c(SC[C@@H]2CCCO2)nc2cc(Cl)ccc2c1=O. The van der Waals surface area contributed by atoms with Crippen LogP contribution >= 0.6 is 23.4 Å². The van der Waals surface area contributed by atoms with Crippen molar-refractivity contribution < 1.29 is 4.74 Å². The first-order chi connectivity index (χ1) is 10.6. The zero-order valence-corrected chi connectivity index (χ0v) is 14.3. The lowest BCUT2D eigenvalue weighted by molar-refractivity contribution is 0.129. The van der Waals surface area contributed by atoms with Gasteiger partial charge in [0.05, 0.1) is 17.0 Å². The fourth-order valence-corrected chi connectivity index (χ4v) is 4.01. The molecule has 118 valence electrons. The molecule has 0 saturated carbocycles. The monoisotopic (exact) mass is 338 g/mol. The number of thioether (sulfide) groups is 1. The Morgan fingerprint density at radius 2 is 2.32 bits per heavy atom. The van der Waals surface area contributed by atoms with Crippen molar-refractivity contribution in [2.75, 3.05) is 12.4 Å². The maximum Gasteiger partial charge on any atom is 0.262 e. The molecular formula is C16H19ClN2O2S. The molecule has 0 bridgehead atoms. The van der Waals surface area contributed by atoms with Crippen molar-refractivity contribution in [3.8, 4) is 0 Å². The minimum absolute atomic E-state index is 0.00786. The molecule has 1 aromatic heterocycles. The molecule has 6 heteroatoms. The highest BCUT2D eigenvalue weighted by Gasteiger charge is 2.19. The Morgan fingerprint density at radius 3 is 3.00 bits per heavy atom. The first-order valence-corrected chi connectivity index (χ1v) is 8.89. The van der Waals surface area contributed by atoms with Gasteiger partial charge in [0.25, 0.3) is 5.56 Å². The van der Waals surface area contributed by atoms with E-state index in [2.05, 4.69) is 4.98 Å². The summed E-state index contributed by atoms with van der Waals surface area (Å²) in [6.45, 7) is 4.84. The van der Waals surface area contributed by atoms with Crippen molar-refractivity contribution in [1.29, 1.82) is 0 Å². The Bertz CT molecular complexity index is 739. The van der Waals surface area contributed by atoms with Crippen molar-refractivity contribution in [1.82, 2.24) is 9.55 Å². The van der Waals surface area contributed by atoms with Crippen LogP contribution in [0.5, 0.6) is 0 Å². The molecule has 0 unspecified atom stereocenters. The molecule has 0 amide bonds. The first-order valence-electron chi connectivity index (χ1n) is 7.52. The molecular weight excluding hydrogens is 320 g/mol. The summed E-state index contributed by atoms with van der Waals surface area (Å²) in [6.07, 6.45) is 2.46. The summed E-state index contributed by atoms with van der Waals surface area (Å²) in [5.74, 6) is 0.825. The number of hydrogen-bond donors (Lipinski definition) is 0. The molecule has 1 atom stereocenters. The highest BCUT2D eigenvalue weighted by atomic mass is 35.5. The fourth-order valence-electron chi connectivity index (χ4n) is 2.65. The molecule has 1 aromatic carbocycles. The van der Waals surface area contributed by atoms with E-state index in [1.807, 2.05) is 13.8 Å². The van der Waals surface area contributed by atoms with E-state index >= 15 is 0 Å². The van der Waals surface area contributed by atoms with Gasteiger partial charge >= 0.3 is 0 Å². The first kappa shape index (κ1) is 15.8. The number of benzene rings is 1. The zero-order valence-electron chi connectivity index (χ0n) is 12.7. The van der Waals surface area contributed by atoms with Crippen LogP contribution < -0.4 is 5.56 Å². The van der Waals surface area contributed by atoms with E-state index in [1.165, 1.54) is 0 Å². The largest absolute Gasteiger partial charge is 0.377 e. The Balaban J connectivity index is 2.01. The molecule has 0 spiro atoms. The molecule has 1 saturated heterocycles. The smallest absolute Gasteiger partial charge is 0.262 e. The lowest BCUT2D eigenvalue weighted by Crippen LogP contribution is -2.25. The second kappa shape index (κ2) is 6.60. The van der Waals surface area contributed by atoms with Gasteiger partial charge in [0.15, 0.2) is 5.16 Å². The van der Waals surface area contributed by atoms with Gasteiger partial charge in [-0.1, -0.05) is 23.4 Å². The van der Waals surface area contributed by atoms with Crippen LogP contribution in [-0.2, 0) is 4.74 Å². The number of ether oxygens (including phenoxy) is 1. The van der Waals surface area contributed by atoms with Gasteiger partial charge < -0.3 is 4.74 Å². The van der Waals surface area contributed by atoms with E-state index in [0.717, 1.165) is 30.4 Å². The maximum absolute atomic E-state index is 12.7. The van der Waals surface area contributed by atoms with Gasteiger partial charge in [-0.3, -0.25) is 9.36 Å². The molecule has 3 rings (SSSR count). The third kappa shape index (κ3) is 3.16. The summed E-state index contributed by atoms with van der Waals surface area (Å²) >= 11 is 7.62. The van der Waals surface area contributed by atoms with Crippen molar-refractivity contribution in [2.45, 2.75) is 44.0 Å².